The Morgan fingerprint density at radius 1 is 1.31 bits per heavy atom. The molecule has 74 valence electrons. The van der Waals surface area contributed by atoms with Crippen LogP contribution in [0.5, 0.6) is 0 Å². The second kappa shape index (κ2) is 2.73. The van der Waals surface area contributed by atoms with Crippen LogP contribution in [-0.4, -0.2) is 11.9 Å². The van der Waals surface area contributed by atoms with E-state index < -0.39 is 0 Å². The fourth-order valence-electron chi connectivity index (χ4n) is 2.98. The van der Waals surface area contributed by atoms with Crippen LogP contribution in [0.25, 0.3) is 0 Å². The molecule has 1 saturated carbocycles. The highest BCUT2D eigenvalue weighted by Crippen LogP contribution is 2.45. The number of hydrogen-bond donors (Lipinski definition) is 1. The smallest absolute Gasteiger partial charge is 0.220 e. The van der Waals surface area contributed by atoms with Crippen LogP contribution in [0, 0.1) is 17.3 Å². The van der Waals surface area contributed by atoms with E-state index in [1.54, 1.807) is 0 Å². The third kappa shape index (κ3) is 1.47. The molecule has 3 unspecified atom stereocenters. The zero-order valence-electron chi connectivity index (χ0n) is 8.76. The van der Waals surface area contributed by atoms with Crippen molar-refractivity contribution < 1.29 is 4.79 Å². The van der Waals surface area contributed by atoms with Crippen molar-refractivity contribution in [1.29, 1.82) is 0 Å². The molecular formula is C11H19NO. The first-order chi connectivity index (χ1) is 5.98. The summed E-state index contributed by atoms with van der Waals surface area (Å²) in [6.45, 7) is 6.85. The molecule has 0 radical (unpaired) electrons. The molecule has 2 nitrogen and oxygen atoms in total. The largest absolute Gasteiger partial charge is 0.353 e. The lowest BCUT2D eigenvalue weighted by molar-refractivity contribution is -0.119. The molecule has 1 aliphatic carbocycles. The fraction of sp³-hybridized carbons (Fsp3) is 0.909. The quantitative estimate of drug-likeness (QED) is 0.608. The third-order valence-electron chi connectivity index (χ3n) is 3.68. The van der Waals surface area contributed by atoms with Crippen LogP contribution >= 0.6 is 0 Å². The lowest BCUT2D eigenvalue weighted by atomic mass is 9.77. The van der Waals surface area contributed by atoms with Gasteiger partial charge in [0.25, 0.3) is 0 Å². The first kappa shape index (κ1) is 9.04. The summed E-state index contributed by atoms with van der Waals surface area (Å²) in [4.78, 5) is 11.2. The number of carbonyl (C=O) groups excluding carboxylic acids is 1. The van der Waals surface area contributed by atoms with Crippen LogP contribution in [0.3, 0.4) is 0 Å². The van der Waals surface area contributed by atoms with Crippen LogP contribution in [0.1, 0.15) is 40.0 Å². The molecule has 2 fully saturated rings. The van der Waals surface area contributed by atoms with E-state index in [1.165, 1.54) is 12.8 Å². The molecule has 1 aliphatic heterocycles. The van der Waals surface area contributed by atoms with E-state index in [2.05, 4.69) is 26.1 Å². The monoisotopic (exact) mass is 181 g/mol. The van der Waals surface area contributed by atoms with E-state index in [-0.39, 0.29) is 5.91 Å². The number of carbonyl (C=O) groups is 1. The summed E-state index contributed by atoms with van der Waals surface area (Å²) in [6, 6.07) is 0.479. The Bertz CT molecular complexity index is 229. The van der Waals surface area contributed by atoms with Gasteiger partial charge in [-0.2, -0.15) is 0 Å². The highest BCUT2D eigenvalue weighted by atomic mass is 16.2. The summed E-state index contributed by atoms with van der Waals surface area (Å²) in [6.07, 6.45) is 3.31. The summed E-state index contributed by atoms with van der Waals surface area (Å²) in [5.74, 6) is 1.59. The molecule has 0 aromatic heterocycles. The maximum absolute atomic E-state index is 11.2. The van der Waals surface area contributed by atoms with Crippen LogP contribution in [0.2, 0.25) is 0 Å². The molecule has 13 heavy (non-hydrogen) atoms. The Labute approximate surface area is 80.1 Å². The van der Waals surface area contributed by atoms with Crippen molar-refractivity contribution in [2.75, 3.05) is 0 Å². The molecule has 1 N–H and O–H groups in total. The van der Waals surface area contributed by atoms with Gasteiger partial charge in [-0.25, -0.2) is 0 Å². The van der Waals surface area contributed by atoms with Gasteiger partial charge in [0.1, 0.15) is 0 Å². The Balaban J connectivity index is 2.13. The van der Waals surface area contributed by atoms with Gasteiger partial charge in [0.05, 0.1) is 0 Å². The summed E-state index contributed by atoms with van der Waals surface area (Å²) < 4.78 is 0. The number of amides is 1. The van der Waals surface area contributed by atoms with Gasteiger partial charge in [0.2, 0.25) is 5.91 Å². The van der Waals surface area contributed by atoms with Crippen LogP contribution in [0.4, 0.5) is 0 Å². The molecule has 2 heteroatoms. The van der Waals surface area contributed by atoms with E-state index in [1.807, 2.05) is 0 Å². The Morgan fingerprint density at radius 2 is 2.00 bits per heavy atom. The fourth-order valence-corrected chi connectivity index (χ4v) is 2.98. The van der Waals surface area contributed by atoms with Crippen LogP contribution < -0.4 is 5.32 Å². The van der Waals surface area contributed by atoms with E-state index in [4.69, 9.17) is 0 Å². The molecule has 2 aliphatic rings. The maximum Gasteiger partial charge on any atom is 0.220 e. The van der Waals surface area contributed by atoms with E-state index in [9.17, 15) is 4.79 Å². The minimum absolute atomic E-state index is 0.268. The molecule has 1 saturated heterocycles. The molecule has 2 rings (SSSR count). The molecule has 3 atom stereocenters. The van der Waals surface area contributed by atoms with Crippen LogP contribution in [0.15, 0.2) is 0 Å². The normalized spacial score (nSPS) is 39.0. The second-order valence-corrected chi connectivity index (χ2v) is 5.61. The van der Waals surface area contributed by atoms with Gasteiger partial charge in [-0.05, 0) is 30.1 Å². The van der Waals surface area contributed by atoms with Crippen molar-refractivity contribution in [1.82, 2.24) is 5.32 Å². The van der Waals surface area contributed by atoms with Gasteiger partial charge in [-0.1, -0.05) is 20.8 Å². The second-order valence-electron chi connectivity index (χ2n) is 5.61. The summed E-state index contributed by atoms with van der Waals surface area (Å²) in [7, 11) is 0. The highest BCUT2D eigenvalue weighted by molar-refractivity contribution is 5.79. The minimum atomic E-state index is 0.268. The van der Waals surface area contributed by atoms with Crippen molar-refractivity contribution in [3.63, 3.8) is 0 Å². The molecule has 0 aromatic carbocycles. The lowest BCUT2D eigenvalue weighted by Gasteiger charge is -2.31. The number of fused-ring (bicyclic) bond motifs is 1. The zero-order chi connectivity index (χ0) is 9.64. The van der Waals surface area contributed by atoms with Crippen molar-refractivity contribution in [3.05, 3.63) is 0 Å². The van der Waals surface area contributed by atoms with Crippen molar-refractivity contribution in [2.45, 2.75) is 46.1 Å². The summed E-state index contributed by atoms with van der Waals surface area (Å²) in [5, 5.41) is 3.13. The lowest BCUT2D eigenvalue weighted by Crippen LogP contribution is -2.38. The topological polar surface area (TPSA) is 29.1 Å². The first-order valence-electron chi connectivity index (χ1n) is 5.28. The number of hydrogen-bond acceptors (Lipinski definition) is 1. The number of rotatable bonds is 0. The highest BCUT2D eigenvalue weighted by Gasteiger charge is 2.46. The first-order valence-corrected chi connectivity index (χ1v) is 5.28. The average molecular weight is 181 g/mol. The van der Waals surface area contributed by atoms with Crippen molar-refractivity contribution in [3.8, 4) is 0 Å². The Hall–Kier alpha value is -0.530. The third-order valence-corrected chi connectivity index (χ3v) is 3.68. The number of nitrogens with one attached hydrogen (secondary N) is 1. The molecule has 1 heterocycles. The minimum Gasteiger partial charge on any atom is -0.353 e. The molecule has 0 spiro atoms. The summed E-state index contributed by atoms with van der Waals surface area (Å²) in [5.41, 5.74) is 0.344. The SMILES string of the molecule is CC(C)(C)C1CCC2CC(=O)NC21. The van der Waals surface area contributed by atoms with Gasteiger partial charge < -0.3 is 5.32 Å². The van der Waals surface area contributed by atoms with E-state index in [0.717, 1.165) is 6.42 Å². The molecule has 1 amide bonds. The van der Waals surface area contributed by atoms with Gasteiger partial charge in [-0.3, -0.25) is 4.79 Å². The van der Waals surface area contributed by atoms with Crippen molar-refractivity contribution in [2.24, 2.45) is 17.3 Å². The summed E-state index contributed by atoms with van der Waals surface area (Å²) >= 11 is 0. The van der Waals surface area contributed by atoms with E-state index in [0.29, 0.717) is 23.3 Å². The van der Waals surface area contributed by atoms with E-state index >= 15 is 0 Å². The Morgan fingerprint density at radius 3 is 2.62 bits per heavy atom. The molecule has 0 bridgehead atoms. The van der Waals surface area contributed by atoms with Gasteiger partial charge in [0, 0.05) is 12.5 Å². The van der Waals surface area contributed by atoms with Gasteiger partial charge in [0.15, 0.2) is 0 Å². The Kier molecular flexibility index (Phi) is 1.90. The van der Waals surface area contributed by atoms with Crippen LogP contribution in [-0.2, 0) is 4.79 Å². The average Bonchev–Trinajstić information content (AvgIpc) is 2.41. The van der Waals surface area contributed by atoms with Crippen molar-refractivity contribution >= 4 is 5.91 Å². The zero-order valence-corrected chi connectivity index (χ0v) is 8.76. The molecule has 0 aromatic rings. The maximum atomic E-state index is 11.2. The van der Waals surface area contributed by atoms with Gasteiger partial charge >= 0.3 is 0 Å². The predicted molar refractivity (Wildman–Crippen MR) is 52.2 cm³/mol. The standard InChI is InChI=1S/C11H19NO/c1-11(2,3)8-5-4-7-6-9(13)12-10(7)8/h7-8,10H,4-6H2,1-3H3,(H,12,13). The van der Waals surface area contributed by atoms with Gasteiger partial charge in [-0.15, -0.1) is 0 Å². The predicted octanol–water partition coefficient (Wildman–Crippen LogP) is 1.95. The molecular weight excluding hydrogens is 162 g/mol.